The summed E-state index contributed by atoms with van der Waals surface area (Å²) in [4.78, 5) is 12.5. The lowest BCUT2D eigenvalue weighted by molar-refractivity contribution is 0.104. The monoisotopic (exact) mass is 316 g/mol. The van der Waals surface area contributed by atoms with Crippen LogP contribution in [-0.2, 0) is 0 Å². The van der Waals surface area contributed by atoms with Crippen molar-refractivity contribution in [3.05, 3.63) is 77.9 Å². The highest BCUT2D eigenvalue weighted by atomic mass is 16.6. The summed E-state index contributed by atoms with van der Waals surface area (Å²) in [5.74, 6) is 1.27. The van der Waals surface area contributed by atoms with Gasteiger partial charge in [0.2, 0.25) is 0 Å². The summed E-state index contributed by atoms with van der Waals surface area (Å²) in [5, 5.41) is 2.29. The van der Waals surface area contributed by atoms with E-state index < -0.39 is 0 Å². The van der Waals surface area contributed by atoms with Crippen LogP contribution >= 0.6 is 0 Å². The third kappa shape index (κ3) is 2.76. The largest absolute Gasteiger partial charge is 0.486 e. The van der Waals surface area contributed by atoms with Crippen molar-refractivity contribution in [1.29, 1.82) is 0 Å². The smallest absolute Gasteiger partial charge is 0.185 e. The van der Waals surface area contributed by atoms with Gasteiger partial charge in [-0.25, -0.2) is 0 Å². The molecule has 3 aromatic rings. The van der Waals surface area contributed by atoms with E-state index in [0.717, 1.165) is 16.3 Å². The molecule has 0 spiro atoms. The summed E-state index contributed by atoms with van der Waals surface area (Å²) >= 11 is 0. The Labute approximate surface area is 140 Å². The van der Waals surface area contributed by atoms with Gasteiger partial charge in [0.05, 0.1) is 0 Å². The van der Waals surface area contributed by atoms with Crippen molar-refractivity contribution < 1.29 is 14.3 Å². The van der Waals surface area contributed by atoms with E-state index in [0.29, 0.717) is 30.3 Å². The van der Waals surface area contributed by atoms with Crippen LogP contribution in [0.5, 0.6) is 11.5 Å². The van der Waals surface area contributed by atoms with Crippen molar-refractivity contribution in [3.8, 4) is 11.5 Å². The van der Waals surface area contributed by atoms with Crippen molar-refractivity contribution in [2.45, 2.75) is 0 Å². The fraction of sp³-hybridized carbons (Fsp3) is 0.0952. The van der Waals surface area contributed by atoms with E-state index in [4.69, 9.17) is 9.47 Å². The number of benzene rings is 3. The SMILES string of the molecule is O=C(C=Cc1cccc2ccccc12)c1ccc2c(c1)OCCO2. The minimum atomic E-state index is -0.0556. The lowest BCUT2D eigenvalue weighted by Gasteiger charge is -2.18. The maximum absolute atomic E-state index is 12.5. The summed E-state index contributed by atoms with van der Waals surface area (Å²) in [7, 11) is 0. The van der Waals surface area contributed by atoms with Crippen LogP contribution < -0.4 is 9.47 Å². The topological polar surface area (TPSA) is 35.5 Å². The van der Waals surface area contributed by atoms with Gasteiger partial charge in [-0.05, 0) is 40.6 Å². The first-order chi connectivity index (χ1) is 11.8. The molecule has 0 saturated heterocycles. The molecular weight excluding hydrogens is 300 g/mol. The van der Waals surface area contributed by atoms with Gasteiger partial charge in [0, 0.05) is 5.56 Å². The zero-order chi connectivity index (χ0) is 16.4. The standard InChI is InChI=1S/C21H16O3/c22-19(17-9-11-20-21(14-17)24-13-12-23-20)10-8-16-6-3-5-15-4-1-2-7-18(15)16/h1-11,14H,12-13H2. The summed E-state index contributed by atoms with van der Waals surface area (Å²) in [6, 6.07) is 19.5. The predicted octanol–water partition coefficient (Wildman–Crippen LogP) is 4.51. The van der Waals surface area contributed by atoms with E-state index >= 15 is 0 Å². The summed E-state index contributed by atoms with van der Waals surface area (Å²) in [6.07, 6.45) is 3.47. The first-order valence-corrected chi connectivity index (χ1v) is 7.91. The number of rotatable bonds is 3. The Balaban J connectivity index is 1.62. The molecule has 1 heterocycles. The average Bonchev–Trinajstić information content (AvgIpc) is 2.65. The number of allylic oxidation sites excluding steroid dienone is 1. The van der Waals surface area contributed by atoms with Gasteiger partial charge in [0.15, 0.2) is 17.3 Å². The Morgan fingerprint density at radius 2 is 1.67 bits per heavy atom. The first kappa shape index (κ1) is 14.5. The maximum Gasteiger partial charge on any atom is 0.185 e. The number of hydrogen-bond acceptors (Lipinski definition) is 3. The first-order valence-electron chi connectivity index (χ1n) is 7.91. The van der Waals surface area contributed by atoms with E-state index in [1.54, 1.807) is 24.3 Å². The average molecular weight is 316 g/mol. The molecule has 0 amide bonds. The van der Waals surface area contributed by atoms with Crippen LogP contribution in [0.1, 0.15) is 15.9 Å². The maximum atomic E-state index is 12.5. The quantitative estimate of drug-likeness (QED) is 0.527. The molecule has 0 unspecified atom stereocenters. The molecule has 1 aliphatic rings. The lowest BCUT2D eigenvalue weighted by Crippen LogP contribution is -2.15. The lowest BCUT2D eigenvalue weighted by atomic mass is 10.0. The van der Waals surface area contributed by atoms with Crippen LogP contribution in [0.15, 0.2) is 66.7 Å². The number of fused-ring (bicyclic) bond motifs is 2. The van der Waals surface area contributed by atoms with Crippen molar-refractivity contribution in [2.24, 2.45) is 0 Å². The molecule has 0 aromatic heterocycles. The highest BCUT2D eigenvalue weighted by Crippen LogP contribution is 2.31. The molecule has 4 rings (SSSR count). The van der Waals surface area contributed by atoms with Gasteiger partial charge in [0.1, 0.15) is 13.2 Å². The Morgan fingerprint density at radius 3 is 2.58 bits per heavy atom. The normalized spacial score (nSPS) is 13.3. The van der Waals surface area contributed by atoms with Gasteiger partial charge in [-0.15, -0.1) is 0 Å². The molecule has 1 aliphatic heterocycles. The molecule has 0 N–H and O–H groups in total. The van der Waals surface area contributed by atoms with E-state index in [9.17, 15) is 4.79 Å². The second-order valence-corrected chi connectivity index (χ2v) is 5.62. The molecule has 0 fully saturated rings. The van der Waals surface area contributed by atoms with Crippen LogP contribution in [0.2, 0.25) is 0 Å². The fourth-order valence-corrected chi connectivity index (χ4v) is 2.85. The van der Waals surface area contributed by atoms with Gasteiger partial charge in [-0.2, -0.15) is 0 Å². The van der Waals surface area contributed by atoms with Crippen LogP contribution in [0.3, 0.4) is 0 Å². The molecule has 0 atom stereocenters. The highest BCUT2D eigenvalue weighted by molar-refractivity contribution is 6.08. The van der Waals surface area contributed by atoms with Gasteiger partial charge in [-0.3, -0.25) is 4.79 Å². The number of ether oxygens (including phenoxy) is 2. The molecule has 24 heavy (non-hydrogen) atoms. The fourth-order valence-electron chi connectivity index (χ4n) is 2.85. The highest BCUT2D eigenvalue weighted by Gasteiger charge is 2.13. The zero-order valence-electron chi connectivity index (χ0n) is 13.1. The number of hydrogen-bond donors (Lipinski definition) is 0. The van der Waals surface area contributed by atoms with Crippen molar-refractivity contribution in [2.75, 3.05) is 13.2 Å². The molecule has 0 radical (unpaired) electrons. The molecule has 0 bridgehead atoms. The summed E-state index contributed by atoms with van der Waals surface area (Å²) in [6.45, 7) is 1.05. The third-order valence-electron chi connectivity index (χ3n) is 4.06. The molecule has 118 valence electrons. The van der Waals surface area contributed by atoms with Crippen molar-refractivity contribution >= 4 is 22.6 Å². The molecule has 3 heteroatoms. The Hall–Kier alpha value is -3.07. The van der Waals surface area contributed by atoms with Crippen molar-refractivity contribution in [3.63, 3.8) is 0 Å². The van der Waals surface area contributed by atoms with Gasteiger partial charge < -0.3 is 9.47 Å². The second kappa shape index (κ2) is 6.20. The van der Waals surface area contributed by atoms with Gasteiger partial charge in [-0.1, -0.05) is 48.5 Å². The van der Waals surface area contributed by atoms with Crippen LogP contribution in [0, 0.1) is 0 Å². The molecule has 3 nitrogen and oxygen atoms in total. The van der Waals surface area contributed by atoms with Crippen molar-refractivity contribution in [1.82, 2.24) is 0 Å². The van der Waals surface area contributed by atoms with Crippen LogP contribution in [0.4, 0.5) is 0 Å². The van der Waals surface area contributed by atoms with Crippen LogP contribution in [-0.4, -0.2) is 19.0 Å². The number of carbonyl (C=O) groups is 1. The van der Waals surface area contributed by atoms with E-state index in [-0.39, 0.29) is 5.78 Å². The predicted molar refractivity (Wildman–Crippen MR) is 94.7 cm³/mol. The van der Waals surface area contributed by atoms with E-state index in [1.165, 1.54) is 0 Å². The summed E-state index contributed by atoms with van der Waals surface area (Å²) in [5.41, 5.74) is 1.62. The third-order valence-corrected chi connectivity index (χ3v) is 4.06. The molecule has 0 saturated carbocycles. The molecule has 0 aliphatic carbocycles. The Morgan fingerprint density at radius 1 is 0.875 bits per heavy atom. The minimum Gasteiger partial charge on any atom is -0.486 e. The van der Waals surface area contributed by atoms with E-state index in [2.05, 4.69) is 18.2 Å². The van der Waals surface area contributed by atoms with E-state index in [1.807, 2.05) is 30.3 Å². The van der Waals surface area contributed by atoms with Crippen LogP contribution in [0.25, 0.3) is 16.8 Å². The van der Waals surface area contributed by atoms with Gasteiger partial charge in [0.25, 0.3) is 0 Å². The molecular formula is C21H16O3. The number of carbonyl (C=O) groups excluding carboxylic acids is 1. The van der Waals surface area contributed by atoms with Gasteiger partial charge >= 0.3 is 0 Å². The second-order valence-electron chi connectivity index (χ2n) is 5.62. The zero-order valence-corrected chi connectivity index (χ0v) is 13.1. The Bertz CT molecular complexity index is 935. The molecule has 3 aromatic carbocycles. The minimum absolute atomic E-state index is 0.0556. The Kier molecular flexibility index (Phi) is 3.75. The summed E-state index contributed by atoms with van der Waals surface area (Å²) < 4.78 is 11.0. The number of ketones is 1.